The third-order valence-corrected chi connectivity index (χ3v) is 3.71. The van der Waals surface area contributed by atoms with Gasteiger partial charge in [-0.3, -0.25) is 10.1 Å². The summed E-state index contributed by atoms with van der Waals surface area (Å²) in [6.45, 7) is 0. The van der Waals surface area contributed by atoms with Crippen molar-refractivity contribution in [1.82, 2.24) is 0 Å². The molecule has 0 radical (unpaired) electrons. The summed E-state index contributed by atoms with van der Waals surface area (Å²) in [4.78, 5) is 22.2. The maximum atomic E-state index is 12.0. The van der Waals surface area contributed by atoms with Gasteiger partial charge in [0.1, 0.15) is 5.75 Å². The van der Waals surface area contributed by atoms with Gasteiger partial charge in [-0.05, 0) is 40.8 Å². The van der Waals surface area contributed by atoms with E-state index in [0.717, 1.165) is 3.57 Å². The highest BCUT2D eigenvalue weighted by Crippen LogP contribution is 2.29. The van der Waals surface area contributed by atoms with E-state index < -0.39 is 11.0 Å². The van der Waals surface area contributed by atoms with Crippen molar-refractivity contribution in [3.8, 4) is 5.75 Å². The number of non-ortho nitro benzene ring substituents is 1. The molecule has 2 aromatic rings. The van der Waals surface area contributed by atoms with Gasteiger partial charge < -0.3 is 15.4 Å². The lowest BCUT2D eigenvalue weighted by molar-refractivity contribution is -0.384. The van der Waals surface area contributed by atoms with Crippen molar-refractivity contribution in [2.45, 2.75) is 0 Å². The van der Waals surface area contributed by atoms with Gasteiger partial charge in [-0.15, -0.1) is 0 Å². The van der Waals surface area contributed by atoms with Crippen LogP contribution in [-0.4, -0.2) is 18.1 Å². The van der Waals surface area contributed by atoms with E-state index in [2.05, 4.69) is 33.2 Å². The molecule has 0 aliphatic rings. The number of nitro groups is 1. The number of nitrogens with one attached hydrogen (secondary N) is 2. The molecule has 2 rings (SSSR count). The van der Waals surface area contributed by atoms with Gasteiger partial charge in [0, 0.05) is 9.64 Å². The van der Waals surface area contributed by atoms with Gasteiger partial charge in [-0.25, -0.2) is 4.79 Å². The molecule has 0 aliphatic carbocycles. The summed E-state index contributed by atoms with van der Waals surface area (Å²) >= 11 is 2.11. The van der Waals surface area contributed by atoms with E-state index in [1.165, 1.54) is 25.3 Å². The lowest BCUT2D eigenvalue weighted by Gasteiger charge is -2.11. The number of urea groups is 1. The minimum atomic E-state index is -0.529. The van der Waals surface area contributed by atoms with Crippen molar-refractivity contribution < 1.29 is 14.5 Å². The molecule has 2 aromatic carbocycles. The van der Waals surface area contributed by atoms with Gasteiger partial charge in [0.05, 0.1) is 29.5 Å². The molecular weight excluding hydrogens is 401 g/mol. The molecular formula is C14H12IN3O4. The van der Waals surface area contributed by atoms with Crippen molar-refractivity contribution in [2.75, 3.05) is 17.7 Å². The Morgan fingerprint density at radius 1 is 1.18 bits per heavy atom. The maximum Gasteiger partial charge on any atom is 0.323 e. The van der Waals surface area contributed by atoms with Crippen LogP contribution < -0.4 is 15.4 Å². The van der Waals surface area contributed by atoms with Crippen LogP contribution in [0.3, 0.4) is 0 Å². The third kappa shape index (κ3) is 3.85. The molecule has 22 heavy (non-hydrogen) atoms. The van der Waals surface area contributed by atoms with Crippen molar-refractivity contribution in [3.05, 3.63) is 56.1 Å². The number of halogens is 1. The first-order valence-electron chi connectivity index (χ1n) is 6.16. The molecule has 0 fully saturated rings. The molecule has 7 nitrogen and oxygen atoms in total. The van der Waals surface area contributed by atoms with E-state index in [1.807, 2.05) is 18.2 Å². The molecule has 0 bridgehead atoms. The first-order valence-corrected chi connectivity index (χ1v) is 7.24. The van der Waals surface area contributed by atoms with Gasteiger partial charge in [0.25, 0.3) is 5.69 Å². The highest BCUT2D eigenvalue weighted by Gasteiger charge is 2.13. The van der Waals surface area contributed by atoms with Crippen molar-refractivity contribution in [2.24, 2.45) is 0 Å². The zero-order valence-corrected chi connectivity index (χ0v) is 13.7. The highest BCUT2D eigenvalue weighted by molar-refractivity contribution is 14.1. The monoisotopic (exact) mass is 413 g/mol. The Balaban J connectivity index is 2.15. The largest absolute Gasteiger partial charge is 0.494 e. The molecule has 0 atom stereocenters. The summed E-state index contributed by atoms with van der Waals surface area (Å²) in [5.74, 6) is 0.215. The van der Waals surface area contributed by atoms with E-state index in [9.17, 15) is 14.9 Å². The van der Waals surface area contributed by atoms with Gasteiger partial charge in [0.2, 0.25) is 0 Å². The molecule has 0 saturated carbocycles. The molecule has 0 unspecified atom stereocenters. The minimum absolute atomic E-state index is 0.111. The number of ether oxygens (including phenoxy) is 1. The van der Waals surface area contributed by atoms with Crippen LogP contribution in [0.4, 0.5) is 21.9 Å². The summed E-state index contributed by atoms with van der Waals surface area (Å²) in [5, 5.41) is 16.0. The Bertz CT molecular complexity index is 721. The molecule has 2 N–H and O–H groups in total. The van der Waals surface area contributed by atoms with Crippen molar-refractivity contribution >= 4 is 45.7 Å². The number of benzene rings is 2. The lowest BCUT2D eigenvalue weighted by Crippen LogP contribution is -2.20. The zero-order valence-electron chi connectivity index (χ0n) is 11.5. The average Bonchev–Trinajstić information content (AvgIpc) is 2.49. The Kier molecular flexibility index (Phi) is 5.15. The molecule has 0 spiro atoms. The number of hydrogen-bond acceptors (Lipinski definition) is 4. The predicted molar refractivity (Wildman–Crippen MR) is 91.4 cm³/mol. The molecule has 8 heteroatoms. The second kappa shape index (κ2) is 7.07. The highest BCUT2D eigenvalue weighted by atomic mass is 127. The predicted octanol–water partition coefficient (Wildman–Crippen LogP) is 3.85. The van der Waals surface area contributed by atoms with Crippen molar-refractivity contribution in [1.29, 1.82) is 0 Å². The van der Waals surface area contributed by atoms with E-state index >= 15 is 0 Å². The molecule has 0 heterocycles. The van der Waals surface area contributed by atoms with Gasteiger partial charge in [-0.1, -0.05) is 12.1 Å². The third-order valence-electron chi connectivity index (χ3n) is 2.77. The van der Waals surface area contributed by atoms with Crippen LogP contribution in [0.2, 0.25) is 0 Å². The normalized spacial score (nSPS) is 9.91. The Hall–Kier alpha value is -2.36. The maximum absolute atomic E-state index is 12.0. The Morgan fingerprint density at radius 2 is 1.86 bits per heavy atom. The van der Waals surface area contributed by atoms with Gasteiger partial charge in [-0.2, -0.15) is 0 Å². The first kappa shape index (κ1) is 16.0. The second-order valence-electron chi connectivity index (χ2n) is 4.20. The van der Waals surface area contributed by atoms with Crippen LogP contribution in [0.15, 0.2) is 42.5 Å². The molecule has 0 saturated heterocycles. The number of methoxy groups -OCH3 is 1. The standard InChI is InChI=1S/C14H12IN3O4/c1-22-13-8-9(18(20)21)6-7-12(13)17-14(19)16-11-5-3-2-4-10(11)15/h2-8H,1H3,(H2,16,17,19). The number of carbonyl (C=O) groups is 1. The minimum Gasteiger partial charge on any atom is -0.494 e. The van der Waals surface area contributed by atoms with E-state index in [-0.39, 0.29) is 11.4 Å². The van der Waals surface area contributed by atoms with Crippen LogP contribution in [0.5, 0.6) is 5.75 Å². The Labute approximate surface area is 140 Å². The van der Waals surface area contributed by atoms with Crippen LogP contribution >= 0.6 is 22.6 Å². The van der Waals surface area contributed by atoms with Crippen LogP contribution in [0.25, 0.3) is 0 Å². The van der Waals surface area contributed by atoms with Gasteiger partial charge in [0.15, 0.2) is 0 Å². The quantitative estimate of drug-likeness (QED) is 0.453. The fraction of sp³-hybridized carbons (Fsp3) is 0.0714. The summed E-state index contributed by atoms with van der Waals surface area (Å²) < 4.78 is 5.96. The van der Waals surface area contributed by atoms with E-state index in [1.54, 1.807) is 6.07 Å². The number of hydrogen-bond donors (Lipinski definition) is 2. The first-order chi connectivity index (χ1) is 10.5. The number of nitro benzene ring substituents is 1. The zero-order chi connectivity index (χ0) is 16.1. The van der Waals surface area contributed by atoms with Crippen LogP contribution in [0, 0.1) is 13.7 Å². The van der Waals surface area contributed by atoms with E-state index in [0.29, 0.717) is 11.4 Å². The van der Waals surface area contributed by atoms with Crippen LogP contribution in [-0.2, 0) is 0 Å². The molecule has 2 amide bonds. The summed E-state index contributed by atoms with van der Waals surface area (Å²) in [6.07, 6.45) is 0. The average molecular weight is 413 g/mol. The number of nitrogens with zero attached hydrogens (tertiary/aromatic N) is 1. The Morgan fingerprint density at radius 3 is 2.50 bits per heavy atom. The lowest BCUT2D eigenvalue weighted by atomic mass is 10.2. The van der Waals surface area contributed by atoms with Gasteiger partial charge >= 0.3 is 6.03 Å². The number of carbonyl (C=O) groups excluding carboxylic acids is 1. The fourth-order valence-corrected chi connectivity index (χ4v) is 2.26. The SMILES string of the molecule is COc1cc([N+](=O)[O-])ccc1NC(=O)Nc1ccccc1I. The number of rotatable bonds is 4. The van der Waals surface area contributed by atoms with Crippen LogP contribution in [0.1, 0.15) is 0 Å². The summed E-state index contributed by atoms with van der Waals surface area (Å²) in [7, 11) is 1.38. The van der Waals surface area contributed by atoms with Crippen molar-refractivity contribution in [3.63, 3.8) is 0 Å². The van der Waals surface area contributed by atoms with E-state index in [4.69, 9.17) is 4.74 Å². The summed E-state index contributed by atoms with van der Waals surface area (Å²) in [6, 6.07) is 10.8. The number of para-hydroxylation sites is 1. The smallest absolute Gasteiger partial charge is 0.323 e. The molecule has 0 aliphatic heterocycles. The summed E-state index contributed by atoms with van der Waals surface area (Å²) in [5.41, 5.74) is 0.901. The number of amides is 2. The molecule has 0 aromatic heterocycles. The second-order valence-corrected chi connectivity index (χ2v) is 5.36. The fourth-order valence-electron chi connectivity index (χ4n) is 1.74. The molecule has 114 valence electrons. The number of anilines is 2. The topological polar surface area (TPSA) is 93.5 Å².